The molecule has 2 atom stereocenters. The summed E-state index contributed by atoms with van der Waals surface area (Å²) in [4.78, 5) is 10.4. The molecule has 0 aliphatic carbocycles. The van der Waals surface area contributed by atoms with Gasteiger partial charge in [0.05, 0.1) is 12.2 Å². The molecule has 0 aromatic heterocycles. The third kappa shape index (κ3) is 12.1. The maximum atomic E-state index is 10.4. The lowest BCUT2D eigenvalue weighted by Gasteiger charge is -1.93. The predicted molar refractivity (Wildman–Crippen MR) is 97.0 cm³/mol. The maximum Gasteiger partial charge on any atom is 0.303 e. The van der Waals surface area contributed by atoms with Gasteiger partial charge in [0.15, 0.2) is 0 Å². The third-order valence-electron chi connectivity index (χ3n) is 3.99. The first-order valence-electron chi connectivity index (χ1n) is 9.17. The van der Waals surface area contributed by atoms with Gasteiger partial charge in [-0.05, 0) is 51.4 Å². The summed E-state index contributed by atoms with van der Waals surface area (Å²) < 4.78 is 5.61. The van der Waals surface area contributed by atoms with Gasteiger partial charge in [-0.25, -0.2) is 0 Å². The van der Waals surface area contributed by atoms with E-state index in [0.717, 1.165) is 51.4 Å². The molecule has 1 heterocycles. The summed E-state index contributed by atoms with van der Waals surface area (Å²) >= 11 is 0. The van der Waals surface area contributed by atoms with Crippen molar-refractivity contribution >= 4 is 5.97 Å². The Morgan fingerprint density at radius 1 is 0.833 bits per heavy atom. The molecule has 0 bridgehead atoms. The molecule has 4 heteroatoms. The standard InChI is InChI=1S/C20H32O4/c21-17-13-9-5-3-1-2-4-6-10-14-18-19(24-18)15-11-7-8-12-16-20(22)23/h1-2,6-7,10-11,18-19,21H,3-5,8-9,12-17H2,(H,22,23)/b2-1-,10-6-,11-7-. The second-order valence-corrected chi connectivity index (χ2v) is 6.19. The van der Waals surface area contributed by atoms with Crippen LogP contribution in [0.15, 0.2) is 36.5 Å². The minimum atomic E-state index is -0.725. The van der Waals surface area contributed by atoms with Crippen LogP contribution in [-0.4, -0.2) is 35.0 Å². The van der Waals surface area contributed by atoms with Crippen molar-refractivity contribution in [1.82, 2.24) is 0 Å². The van der Waals surface area contributed by atoms with E-state index in [1.54, 1.807) is 0 Å². The van der Waals surface area contributed by atoms with E-state index in [0.29, 0.717) is 25.2 Å². The molecule has 1 fully saturated rings. The SMILES string of the molecule is O=C(O)CCC/C=C\CC1OC1C/C=C\C/C=C\CCCCCO. The van der Waals surface area contributed by atoms with Crippen molar-refractivity contribution in [2.45, 2.75) is 76.4 Å². The number of aliphatic hydroxyl groups is 1. The minimum Gasteiger partial charge on any atom is -0.481 e. The van der Waals surface area contributed by atoms with Crippen LogP contribution in [0, 0.1) is 0 Å². The Balaban J connectivity index is 1.91. The highest BCUT2D eigenvalue weighted by molar-refractivity contribution is 5.66. The topological polar surface area (TPSA) is 70.1 Å². The van der Waals surface area contributed by atoms with Crippen molar-refractivity contribution in [3.05, 3.63) is 36.5 Å². The molecule has 1 rings (SSSR count). The first-order valence-corrected chi connectivity index (χ1v) is 9.17. The molecule has 0 aromatic rings. The Bertz CT molecular complexity index is 412. The van der Waals surface area contributed by atoms with E-state index in [4.69, 9.17) is 14.9 Å². The number of epoxide rings is 1. The van der Waals surface area contributed by atoms with Crippen molar-refractivity contribution in [2.75, 3.05) is 6.61 Å². The fourth-order valence-corrected chi connectivity index (χ4v) is 2.48. The molecule has 4 nitrogen and oxygen atoms in total. The molecule has 0 aromatic carbocycles. The molecular formula is C20H32O4. The maximum absolute atomic E-state index is 10.4. The zero-order chi connectivity index (χ0) is 17.5. The average Bonchev–Trinajstić information content (AvgIpc) is 3.30. The van der Waals surface area contributed by atoms with Gasteiger partial charge in [-0.3, -0.25) is 4.79 Å². The summed E-state index contributed by atoms with van der Waals surface area (Å²) in [5, 5.41) is 17.2. The zero-order valence-electron chi connectivity index (χ0n) is 14.6. The Morgan fingerprint density at radius 2 is 1.46 bits per heavy atom. The number of rotatable bonds is 15. The highest BCUT2D eigenvalue weighted by Crippen LogP contribution is 2.29. The number of carbonyl (C=O) groups is 1. The Hall–Kier alpha value is -1.39. The van der Waals surface area contributed by atoms with E-state index in [9.17, 15) is 4.79 Å². The van der Waals surface area contributed by atoms with Crippen LogP contribution in [0.2, 0.25) is 0 Å². The summed E-state index contributed by atoms with van der Waals surface area (Å²) in [5.41, 5.74) is 0. The van der Waals surface area contributed by atoms with Crippen LogP contribution in [0.3, 0.4) is 0 Å². The minimum absolute atomic E-state index is 0.245. The number of carboxylic acid groups (broad SMARTS) is 1. The fourth-order valence-electron chi connectivity index (χ4n) is 2.48. The lowest BCUT2D eigenvalue weighted by atomic mass is 10.1. The predicted octanol–water partition coefficient (Wildman–Crippen LogP) is 4.40. The first kappa shape index (κ1) is 20.7. The molecule has 136 valence electrons. The van der Waals surface area contributed by atoms with E-state index in [1.165, 1.54) is 0 Å². The van der Waals surface area contributed by atoms with Gasteiger partial charge in [0.2, 0.25) is 0 Å². The lowest BCUT2D eigenvalue weighted by Crippen LogP contribution is -1.93. The number of allylic oxidation sites excluding steroid dienone is 4. The van der Waals surface area contributed by atoms with Crippen LogP contribution < -0.4 is 0 Å². The molecule has 1 aliphatic heterocycles. The van der Waals surface area contributed by atoms with Gasteiger partial charge in [-0.15, -0.1) is 0 Å². The second kappa shape index (κ2) is 14.0. The van der Waals surface area contributed by atoms with Crippen LogP contribution in [0.5, 0.6) is 0 Å². The van der Waals surface area contributed by atoms with Crippen LogP contribution in [0.25, 0.3) is 0 Å². The van der Waals surface area contributed by atoms with Crippen molar-refractivity contribution in [1.29, 1.82) is 0 Å². The van der Waals surface area contributed by atoms with Gasteiger partial charge >= 0.3 is 5.97 Å². The molecule has 1 aliphatic rings. The molecule has 0 radical (unpaired) electrons. The van der Waals surface area contributed by atoms with E-state index in [1.807, 2.05) is 0 Å². The summed E-state index contributed by atoms with van der Waals surface area (Å²) in [6, 6.07) is 0. The third-order valence-corrected chi connectivity index (χ3v) is 3.99. The Labute approximate surface area is 145 Å². The normalized spacial score (nSPS) is 20.5. The molecule has 0 amide bonds. The number of carboxylic acids is 1. The van der Waals surface area contributed by atoms with Crippen molar-refractivity contribution in [3.8, 4) is 0 Å². The fraction of sp³-hybridized carbons (Fsp3) is 0.650. The van der Waals surface area contributed by atoms with Crippen LogP contribution in [0.1, 0.15) is 64.2 Å². The highest BCUT2D eigenvalue weighted by atomic mass is 16.6. The van der Waals surface area contributed by atoms with E-state index in [-0.39, 0.29) is 6.42 Å². The van der Waals surface area contributed by atoms with Crippen molar-refractivity contribution < 1.29 is 19.7 Å². The van der Waals surface area contributed by atoms with Crippen molar-refractivity contribution in [3.63, 3.8) is 0 Å². The highest BCUT2D eigenvalue weighted by Gasteiger charge is 2.35. The number of aliphatic carboxylic acids is 1. The number of hydrogen-bond donors (Lipinski definition) is 2. The smallest absolute Gasteiger partial charge is 0.303 e. The molecule has 0 saturated carbocycles. The van der Waals surface area contributed by atoms with E-state index >= 15 is 0 Å². The van der Waals surface area contributed by atoms with Crippen LogP contribution in [-0.2, 0) is 9.53 Å². The zero-order valence-corrected chi connectivity index (χ0v) is 14.6. The lowest BCUT2D eigenvalue weighted by molar-refractivity contribution is -0.137. The van der Waals surface area contributed by atoms with Gasteiger partial charge in [0.1, 0.15) is 0 Å². The summed E-state index contributed by atoms with van der Waals surface area (Å²) in [6.07, 6.45) is 22.6. The number of ether oxygens (including phenoxy) is 1. The van der Waals surface area contributed by atoms with Gasteiger partial charge in [0, 0.05) is 13.0 Å². The van der Waals surface area contributed by atoms with E-state index < -0.39 is 5.97 Å². The molecule has 24 heavy (non-hydrogen) atoms. The second-order valence-electron chi connectivity index (χ2n) is 6.19. The number of aliphatic hydroxyl groups excluding tert-OH is 1. The number of hydrogen-bond acceptors (Lipinski definition) is 3. The first-order chi connectivity index (χ1) is 11.7. The number of unbranched alkanes of at least 4 members (excludes halogenated alkanes) is 4. The van der Waals surface area contributed by atoms with Crippen LogP contribution >= 0.6 is 0 Å². The molecule has 2 unspecified atom stereocenters. The average molecular weight is 336 g/mol. The van der Waals surface area contributed by atoms with Crippen molar-refractivity contribution in [2.24, 2.45) is 0 Å². The molecule has 2 N–H and O–H groups in total. The van der Waals surface area contributed by atoms with Gasteiger partial charge in [0.25, 0.3) is 0 Å². The van der Waals surface area contributed by atoms with Gasteiger partial charge in [-0.1, -0.05) is 42.9 Å². The largest absolute Gasteiger partial charge is 0.481 e. The van der Waals surface area contributed by atoms with Gasteiger partial charge in [-0.2, -0.15) is 0 Å². The molecule has 1 saturated heterocycles. The Morgan fingerprint density at radius 3 is 2.17 bits per heavy atom. The summed E-state index contributed by atoms with van der Waals surface area (Å²) in [5.74, 6) is -0.725. The quantitative estimate of drug-likeness (QED) is 0.264. The monoisotopic (exact) mass is 336 g/mol. The summed E-state index contributed by atoms with van der Waals surface area (Å²) in [6.45, 7) is 0.303. The van der Waals surface area contributed by atoms with E-state index in [2.05, 4.69) is 36.5 Å². The summed E-state index contributed by atoms with van der Waals surface area (Å²) in [7, 11) is 0. The van der Waals surface area contributed by atoms with Gasteiger partial charge < -0.3 is 14.9 Å². The molecule has 0 spiro atoms. The molecular weight excluding hydrogens is 304 g/mol. The van der Waals surface area contributed by atoms with Crippen LogP contribution in [0.4, 0.5) is 0 Å². The Kier molecular flexibility index (Phi) is 12.0.